The molecule has 1 saturated carbocycles. The Bertz CT molecular complexity index is 932. The van der Waals surface area contributed by atoms with Crippen molar-refractivity contribution in [1.82, 2.24) is 15.4 Å². The Morgan fingerprint density at radius 3 is 2.59 bits per heavy atom. The van der Waals surface area contributed by atoms with Crippen molar-refractivity contribution in [3.05, 3.63) is 47.9 Å². The molecule has 10 nitrogen and oxygen atoms in total. The highest BCUT2D eigenvalue weighted by molar-refractivity contribution is 7.86. The van der Waals surface area contributed by atoms with E-state index in [1.807, 2.05) is 0 Å². The molecule has 0 radical (unpaired) electrons. The van der Waals surface area contributed by atoms with Crippen LogP contribution in [-0.2, 0) is 25.2 Å². The lowest BCUT2D eigenvalue weighted by molar-refractivity contribution is -0.125. The van der Waals surface area contributed by atoms with Gasteiger partial charge in [-0.3, -0.25) is 18.8 Å². The first-order chi connectivity index (χ1) is 15.5. The zero-order valence-corrected chi connectivity index (χ0v) is 18.2. The molecule has 2 aromatic rings. The number of hydroxylamine groups is 1. The van der Waals surface area contributed by atoms with Gasteiger partial charge in [0.2, 0.25) is 5.91 Å². The molecule has 1 aromatic heterocycles. The second-order valence-electron chi connectivity index (χ2n) is 7.73. The van der Waals surface area contributed by atoms with Gasteiger partial charge in [0.25, 0.3) is 0 Å². The average molecular weight is 463 g/mol. The number of aliphatic hydroxyl groups is 2. The fourth-order valence-corrected chi connectivity index (χ4v) is 4.53. The summed E-state index contributed by atoms with van der Waals surface area (Å²) in [4.78, 5) is 27.5. The molecular formula is C21H26N4O6S. The van der Waals surface area contributed by atoms with E-state index in [9.17, 15) is 14.1 Å². The van der Waals surface area contributed by atoms with Gasteiger partial charge in [0, 0.05) is 23.2 Å². The van der Waals surface area contributed by atoms with Crippen molar-refractivity contribution in [2.75, 3.05) is 25.1 Å². The van der Waals surface area contributed by atoms with Crippen LogP contribution in [-0.4, -0.2) is 61.5 Å². The minimum absolute atomic E-state index is 0.161. The topological polar surface area (TPSA) is 143 Å². The van der Waals surface area contributed by atoms with Crippen molar-refractivity contribution < 1.29 is 28.8 Å². The van der Waals surface area contributed by atoms with Crippen molar-refractivity contribution in [2.24, 2.45) is 0 Å². The quantitative estimate of drug-likeness (QED) is 0.376. The molecule has 4 atom stereocenters. The van der Waals surface area contributed by atoms with Gasteiger partial charge in [-0.1, -0.05) is 12.1 Å². The monoisotopic (exact) mass is 462 g/mol. The lowest BCUT2D eigenvalue weighted by Crippen LogP contribution is -2.36. The molecule has 1 amide bonds. The van der Waals surface area contributed by atoms with Crippen LogP contribution in [0.15, 0.2) is 41.6 Å². The van der Waals surface area contributed by atoms with Gasteiger partial charge in [-0.2, -0.15) is 5.48 Å². The summed E-state index contributed by atoms with van der Waals surface area (Å²) in [7, 11) is -1.03. The minimum Gasteiger partial charge on any atom is -0.393 e. The molecule has 0 spiro atoms. The van der Waals surface area contributed by atoms with Crippen LogP contribution in [0.1, 0.15) is 42.7 Å². The lowest BCUT2D eigenvalue weighted by atomic mass is 10.1. The predicted octanol–water partition coefficient (Wildman–Crippen LogP) is 0.762. The number of hydrogen-bond donors (Lipinski definition) is 4. The molecule has 0 bridgehead atoms. The molecule has 32 heavy (non-hydrogen) atoms. The third-order valence-corrected chi connectivity index (χ3v) is 7.03. The zero-order valence-electron chi connectivity index (χ0n) is 17.3. The summed E-state index contributed by atoms with van der Waals surface area (Å²) in [5.41, 5.74) is 3.67. The number of nitrogens with one attached hydrogen (secondary N) is 2. The summed E-state index contributed by atoms with van der Waals surface area (Å²) in [6.07, 6.45) is 3.97. The number of benzene rings is 1. The van der Waals surface area contributed by atoms with Gasteiger partial charge in [-0.15, -0.1) is 0 Å². The second kappa shape index (κ2) is 10.6. The van der Waals surface area contributed by atoms with E-state index >= 15 is 0 Å². The third-order valence-electron chi connectivity index (χ3n) is 5.21. The number of carbonyl (C=O) groups excluding carboxylic acids is 1. The van der Waals surface area contributed by atoms with Gasteiger partial charge in [0.15, 0.2) is 5.82 Å². The molecule has 172 valence electrons. The van der Waals surface area contributed by atoms with E-state index in [0.717, 1.165) is 24.2 Å². The number of carbonyl (C=O) groups is 1. The number of hydrogen-bond acceptors (Lipinski definition) is 9. The molecule has 2 heterocycles. The minimum atomic E-state index is -1.14. The maximum absolute atomic E-state index is 13.0. The van der Waals surface area contributed by atoms with Gasteiger partial charge in [0.05, 0.1) is 42.1 Å². The largest absolute Gasteiger partial charge is 0.393 e. The van der Waals surface area contributed by atoms with E-state index in [1.165, 1.54) is 12.4 Å². The van der Waals surface area contributed by atoms with Crippen LogP contribution >= 0.6 is 0 Å². The summed E-state index contributed by atoms with van der Waals surface area (Å²) in [6.45, 7) is 0.573. The highest BCUT2D eigenvalue weighted by atomic mass is 32.2. The Balaban J connectivity index is 1.47. The molecule has 4 rings (SSSR count). The Hall–Kier alpha value is -2.28. The normalized spacial score (nSPS) is 21.1. The van der Waals surface area contributed by atoms with Gasteiger partial charge in [-0.25, -0.2) is 4.98 Å². The van der Waals surface area contributed by atoms with E-state index in [2.05, 4.69) is 20.8 Å². The summed E-state index contributed by atoms with van der Waals surface area (Å²) in [6, 6.07) is 6.20. The number of aliphatic hydroxyl groups excluding tert-OH is 2. The van der Waals surface area contributed by atoms with Gasteiger partial charge >= 0.3 is 0 Å². The smallest absolute Gasteiger partial charge is 0.249 e. The van der Waals surface area contributed by atoms with Crippen molar-refractivity contribution >= 4 is 22.5 Å². The number of nitrogens with zero attached hydrogens (tertiary/aromatic N) is 2. The first-order valence-electron chi connectivity index (χ1n) is 10.5. The van der Waals surface area contributed by atoms with Crippen LogP contribution in [0, 0.1) is 0 Å². The van der Waals surface area contributed by atoms with Crippen LogP contribution in [0.5, 0.6) is 0 Å². The molecule has 1 saturated heterocycles. The zero-order chi connectivity index (χ0) is 22.5. The van der Waals surface area contributed by atoms with Crippen molar-refractivity contribution in [2.45, 2.75) is 47.7 Å². The molecule has 11 heteroatoms. The fraction of sp³-hybridized carbons (Fsp3) is 0.476. The highest BCUT2D eigenvalue weighted by Gasteiger charge is 2.30. The van der Waals surface area contributed by atoms with Gasteiger partial charge in [0.1, 0.15) is 18.2 Å². The number of rotatable bonds is 10. The molecular weight excluding hydrogens is 436 g/mol. The van der Waals surface area contributed by atoms with Crippen LogP contribution in [0.2, 0.25) is 0 Å². The molecule has 1 aromatic carbocycles. The fourth-order valence-electron chi connectivity index (χ4n) is 3.18. The highest BCUT2D eigenvalue weighted by Crippen LogP contribution is 2.31. The Morgan fingerprint density at radius 1 is 1.22 bits per heavy atom. The van der Waals surface area contributed by atoms with E-state index < -0.39 is 35.5 Å². The number of amides is 1. The van der Waals surface area contributed by atoms with E-state index in [4.69, 9.17) is 14.7 Å². The molecule has 1 aliphatic heterocycles. The maximum atomic E-state index is 13.0. The molecule has 2 aliphatic rings. The van der Waals surface area contributed by atoms with Crippen molar-refractivity contribution in [3.63, 3.8) is 0 Å². The first-order valence-corrected chi connectivity index (χ1v) is 11.7. The SMILES string of the molecule is O=C(Nc1cnc(C(O)CO)cn1)C(NO[C@@H]1CCOC1)c1ccc(S(=O)C2CC2)cc1. The Labute approximate surface area is 187 Å². The first kappa shape index (κ1) is 22.9. The second-order valence-corrected chi connectivity index (χ2v) is 9.47. The molecule has 3 unspecified atom stereocenters. The maximum Gasteiger partial charge on any atom is 0.249 e. The lowest BCUT2D eigenvalue weighted by Gasteiger charge is -2.20. The van der Waals surface area contributed by atoms with E-state index in [-0.39, 0.29) is 22.9 Å². The van der Waals surface area contributed by atoms with Crippen LogP contribution in [0.4, 0.5) is 5.82 Å². The molecule has 2 fully saturated rings. The van der Waals surface area contributed by atoms with Crippen LogP contribution < -0.4 is 10.8 Å². The summed E-state index contributed by atoms with van der Waals surface area (Å²) >= 11 is 0. The Kier molecular flexibility index (Phi) is 7.55. The Morgan fingerprint density at radius 2 is 2.00 bits per heavy atom. The van der Waals surface area contributed by atoms with Crippen LogP contribution in [0.25, 0.3) is 0 Å². The van der Waals surface area contributed by atoms with Crippen molar-refractivity contribution in [3.8, 4) is 0 Å². The number of ether oxygens (including phenoxy) is 1. The average Bonchev–Trinajstić information content (AvgIpc) is 3.55. The predicted molar refractivity (Wildman–Crippen MR) is 115 cm³/mol. The molecule has 1 aliphatic carbocycles. The van der Waals surface area contributed by atoms with Crippen LogP contribution in [0.3, 0.4) is 0 Å². The number of anilines is 1. The van der Waals surface area contributed by atoms with E-state index in [1.54, 1.807) is 24.3 Å². The van der Waals surface area contributed by atoms with Gasteiger partial charge in [-0.05, 0) is 30.5 Å². The van der Waals surface area contributed by atoms with E-state index in [0.29, 0.717) is 18.8 Å². The van der Waals surface area contributed by atoms with Crippen molar-refractivity contribution in [1.29, 1.82) is 0 Å². The summed E-state index contributed by atoms with van der Waals surface area (Å²) in [5.74, 6) is -0.240. The van der Waals surface area contributed by atoms with Gasteiger partial charge < -0.3 is 20.3 Å². The summed E-state index contributed by atoms with van der Waals surface area (Å²) < 4.78 is 17.7. The summed E-state index contributed by atoms with van der Waals surface area (Å²) in [5, 5.41) is 21.5. The standard InChI is InChI=1S/C21H26N4O6S/c26-11-18(27)17-9-23-19(10-22-17)24-21(28)20(25-31-14-7-8-30-12-14)13-1-3-15(4-2-13)32(29)16-5-6-16/h1-4,9-10,14,16,18,20,25-27H,5-8,11-12H2,(H,23,24,28)/t14-,18?,20?,32?/m1/s1. The third kappa shape index (κ3) is 5.74. The molecule has 4 N–H and O–H groups in total. The number of aromatic nitrogens is 2.